The first-order chi connectivity index (χ1) is 18.0. The Morgan fingerprint density at radius 1 is 1.26 bits per heavy atom. The summed E-state index contributed by atoms with van der Waals surface area (Å²) in [5, 5.41) is 8.11. The number of nitrogens with one attached hydrogen (secondary N) is 1. The highest BCUT2D eigenvalue weighted by Gasteiger charge is 2.32. The zero-order chi connectivity index (χ0) is 27.6. The van der Waals surface area contributed by atoms with Crippen molar-refractivity contribution in [3.05, 3.63) is 30.1 Å². The van der Waals surface area contributed by atoms with Gasteiger partial charge >= 0.3 is 6.09 Å². The molecule has 12 heteroatoms. The molecule has 2 aromatic heterocycles. The number of anilines is 2. The molecule has 1 N–H and O–H groups in total. The molecule has 1 aliphatic heterocycles. The molecule has 204 valence electrons. The van der Waals surface area contributed by atoms with Gasteiger partial charge in [-0.15, -0.1) is 0 Å². The van der Waals surface area contributed by atoms with E-state index in [4.69, 9.17) is 14.2 Å². The lowest BCUT2D eigenvalue weighted by molar-refractivity contribution is 0.0237. The summed E-state index contributed by atoms with van der Waals surface area (Å²) >= 11 is 0. The molecule has 1 saturated heterocycles. The summed E-state index contributed by atoms with van der Waals surface area (Å²) in [6, 6.07) is 3.49. The standard InChI is InChI=1S/C26H35N7O5/c1-8-37-23-19(22(34)28-17-11-16-14-31(5)30-21(16)20(12-17)36-7)13-27-24(29-23)33-10-9-18(15-33)32(6)25(35)38-26(2,3)4/h11-14,18H,8-10,15H2,1-7H3,(H,28,34)/t18-/m0/s1. The van der Waals surface area contributed by atoms with E-state index in [9.17, 15) is 9.59 Å². The van der Waals surface area contributed by atoms with Crippen molar-refractivity contribution in [2.45, 2.75) is 45.8 Å². The van der Waals surface area contributed by atoms with Crippen LogP contribution < -0.4 is 19.7 Å². The molecule has 3 aromatic rings. The lowest BCUT2D eigenvalue weighted by atomic mass is 10.2. The summed E-state index contributed by atoms with van der Waals surface area (Å²) in [6.45, 7) is 8.87. The van der Waals surface area contributed by atoms with E-state index in [0.717, 1.165) is 11.8 Å². The van der Waals surface area contributed by atoms with E-state index in [-0.39, 0.29) is 23.6 Å². The second-order valence-corrected chi connectivity index (χ2v) is 10.2. The molecular formula is C26H35N7O5. The van der Waals surface area contributed by atoms with Crippen LogP contribution in [0.25, 0.3) is 10.9 Å². The van der Waals surface area contributed by atoms with Gasteiger partial charge in [-0.2, -0.15) is 10.1 Å². The van der Waals surface area contributed by atoms with E-state index in [0.29, 0.717) is 42.6 Å². The Labute approximate surface area is 221 Å². The lowest BCUT2D eigenvalue weighted by Crippen LogP contribution is -2.42. The quantitative estimate of drug-likeness (QED) is 0.494. The van der Waals surface area contributed by atoms with E-state index >= 15 is 0 Å². The molecule has 0 saturated carbocycles. The van der Waals surface area contributed by atoms with Crippen LogP contribution >= 0.6 is 0 Å². The lowest BCUT2D eigenvalue weighted by Gasteiger charge is -2.28. The van der Waals surface area contributed by atoms with Gasteiger partial charge in [0.05, 0.1) is 19.8 Å². The van der Waals surface area contributed by atoms with Crippen LogP contribution in [0.15, 0.2) is 24.5 Å². The van der Waals surface area contributed by atoms with Gasteiger partial charge in [0.25, 0.3) is 5.91 Å². The number of aromatic nitrogens is 4. The first-order valence-corrected chi connectivity index (χ1v) is 12.5. The number of carbonyl (C=O) groups excluding carboxylic acids is 2. The maximum absolute atomic E-state index is 13.2. The van der Waals surface area contributed by atoms with Crippen molar-refractivity contribution in [3.63, 3.8) is 0 Å². The van der Waals surface area contributed by atoms with Gasteiger partial charge in [0.2, 0.25) is 11.8 Å². The van der Waals surface area contributed by atoms with Crippen LogP contribution in [0.1, 0.15) is 44.5 Å². The van der Waals surface area contributed by atoms with Gasteiger partial charge in [0.1, 0.15) is 22.4 Å². The summed E-state index contributed by atoms with van der Waals surface area (Å²) in [4.78, 5) is 38.3. The van der Waals surface area contributed by atoms with Crippen LogP contribution in [0, 0.1) is 0 Å². The minimum absolute atomic E-state index is 0.0515. The minimum atomic E-state index is -0.565. The normalized spacial score (nSPS) is 15.4. The van der Waals surface area contributed by atoms with Crippen LogP contribution in [0.4, 0.5) is 16.4 Å². The smallest absolute Gasteiger partial charge is 0.410 e. The molecule has 1 aliphatic rings. The zero-order valence-electron chi connectivity index (χ0n) is 22.9. The first kappa shape index (κ1) is 27.0. The molecule has 0 bridgehead atoms. The van der Waals surface area contributed by atoms with Gasteiger partial charge in [-0.05, 0) is 40.2 Å². The number of amides is 2. The SMILES string of the molecule is CCOc1nc(N2CC[C@H](N(C)C(=O)OC(C)(C)C)C2)ncc1C(=O)Nc1cc(OC)c2nn(C)cc2c1. The van der Waals surface area contributed by atoms with Crippen molar-refractivity contribution in [1.82, 2.24) is 24.6 Å². The molecule has 2 amide bonds. The second-order valence-electron chi connectivity index (χ2n) is 10.2. The summed E-state index contributed by atoms with van der Waals surface area (Å²) in [5.41, 5.74) is 0.899. The molecular weight excluding hydrogens is 490 g/mol. The number of nitrogens with zero attached hydrogens (tertiary/aromatic N) is 6. The molecule has 38 heavy (non-hydrogen) atoms. The Bertz CT molecular complexity index is 1330. The Morgan fingerprint density at radius 3 is 2.71 bits per heavy atom. The second kappa shape index (κ2) is 10.7. The van der Waals surface area contributed by atoms with Crippen LogP contribution in [-0.4, -0.2) is 82.1 Å². The molecule has 1 atom stereocenters. The Hall–Kier alpha value is -4.09. The number of carbonyl (C=O) groups is 2. The highest BCUT2D eigenvalue weighted by atomic mass is 16.6. The predicted octanol–water partition coefficient (Wildman–Crippen LogP) is 3.47. The number of likely N-dealkylation sites (N-methyl/N-ethyl adjacent to an activating group) is 1. The number of benzene rings is 1. The van der Waals surface area contributed by atoms with Crippen molar-refractivity contribution in [1.29, 1.82) is 0 Å². The maximum Gasteiger partial charge on any atom is 0.410 e. The Kier molecular flexibility index (Phi) is 7.61. The third kappa shape index (κ3) is 5.90. The van der Waals surface area contributed by atoms with Crippen molar-refractivity contribution in [2.24, 2.45) is 7.05 Å². The molecule has 0 aliphatic carbocycles. The average Bonchev–Trinajstić information content (AvgIpc) is 3.48. The molecule has 3 heterocycles. The van der Waals surface area contributed by atoms with Gasteiger partial charge in [-0.25, -0.2) is 9.78 Å². The number of rotatable bonds is 7. The van der Waals surface area contributed by atoms with Gasteiger partial charge in [0, 0.05) is 56.7 Å². The summed E-state index contributed by atoms with van der Waals surface area (Å²) < 4.78 is 18.4. The van der Waals surface area contributed by atoms with E-state index < -0.39 is 11.5 Å². The van der Waals surface area contributed by atoms with Gasteiger partial charge in [0.15, 0.2) is 0 Å². The molecule has 1 aromatic carbocycles. The highest BCUT2D eigenvalue weighted by molar-refractivity contribution is 6.06. The van der Waals surface area contributed by atoms with E-state index in [1.165, 1.54) is 6.20 Å². The van der Waals surface area contributed by atoms with Crippen LogP contribution in [0.3, 0.4) is 0 Å². The molecule has 1 fully saturated rings. The molecule has 0 unspecified atom stereocenters. The Morgan fingerprint density at radius 2 is 2.03 bits per heavy atom. The van der Waals surface area contributed by atoms with Crippen LogP contribution in [-0.2, 0) is 11.8 Å². The van der Waals surface area contributed by atoms with Crippen LogP contribution in [0.2, 0.25) is 0 Å². The van der Waals surface area contributed by atoms with Crippen molar-refractivity contribution >= 4 is 34.5 Å². The molecule has 12 nitrogen and oxygen atoms in total. The number of hydrogen-bond donors (Lipinski definition) is 1. The summed E-state index contributed by atoms with van der Waals surface area (Å²) in [6.07, 6.45) is 3.69. The average molecular weight is 526 g/mol. The van der Waals surface area contributed by atoms with Gasteiger partial charge < -0.3 is 29.3 Å². The largest absolute Gasteiger partial charge is 0.494 e. The van der Waals surface area contributed by atoms with E-state index in [1.54, 1.807) is 29.8 Å². The minimum Gasteiger partial charge on any atom is -0.494 e. The number of ether oxygens (including phenoxy) is 3. The fourth-order valence-corrected chi connectivity index (χ4v) is 4.28. The van der Waals surface area contributed by atoms with Crippen molar-refractivity contribution in [2.75, 3.05) is 44.1 Å². The molecule has 0 spiro atoms. The summed E-state index contributed by atoms with van der Waals surface area (Å²) in [5.74, 6) is 0.765. The van der Waals surface area contributed by atoms with E-state index in [1.807, 2.05) is 51.9 Å². The number of hydrogen-bond acceptors (Lipinski definition) is 9. The highest BCUT2D eigenvalue weighted by Crippen LogP contribution is 2.30. The molecule has 0 radical (unpaired) electrons. The number of methoxy groups -OCH3 is 1. The third-order valence-electron chi connectivity index (χ3n) is 6.11. The number of aryl methyl sites for hydroxylation is 1. The van der Waals surface area contributed by atoms with Crippen molar-refractivity contribution < 1.29 is 23.8 Å². The number of fused-ring (bicyclic) bond motifs is 1. The zero-order valence-corrected chi connectivity index (χ0v) is 22.9. The molecule has 4 rings (SSSR count). The third-order valence-corrected chi connectivity index (χ3v) is 6.11. The maximum atomic E-state index is 13.2. The first-order valence-electron chi connectivity index (χ1n) is 12.5. The van der Waals surface area contributed by atoms with Gasteiger partial charge in [-0.3, -0.25) is 9.48 Å². The topological polar surface area (TPSA) is 124 Å². The van der Waals surface area contributed by atoms with Gasteiger partial charge in [-0.1, -0.05) is 0 Å². The van der Waals surface area contributed by atoms with Crippen molar-refractivity contribution in [3.8, 4) is 11.6 Å². The predicted molar refractivity (Wildman–Crippen MR) is 143 cm³/mol. The fraction of sp³-hybridized carbons (Fsp3) is 0.500. The summed E-state index contributed by atoms with van der Waals surface area (Å²) in [7, 11) is 5.12. The van der Waals surface area contributed by atoms with Crippen LogP contribution in [0.5, 0.6) is 11.6 Å². The monoisotopic (exact) mass is 525 g/mol. The Balaban J connectivity index is 1.50. The fourth-order valence-electron chi connectivity index (χ4n) is 4.28. The van der Waals surface area contributed by atoms with E-state index in [2.05, 4.69) is 20.4 Å².